The first-order valence-electron chi connectivity index (χ1n) is 10.2. The second-order valence-electron chi connectivity index (χ2n) is 7.81. The highest BCUT2D eigenvalue weighted by Gasteiger charge is 2.35. The van der Waals surface area contributed by atoms with Gasteiger partial charge in [0.15, 0.2) is 5.82 Å². The monoisotopic (exact) mass is 541 g/mol. The van der Waals surface area contributed by atoms with Crippen LogP contribution in [0.2, 0.25) is 0 Å². The van der Waals surface area contributed by atoms with Gasteiger partial charge in [-0.25, -0.2) is 27.9 Å². The summed E-state index contributed by atoms with van der Waals surface area (Å²) >= 11 is 0. The Kier molecular flexibility index (Phi) is 6.54. The van der Waals surface area contributed by atoms with Crippen LogP contribution in [0, 0.1) is 5.82 Å². The van der Waals surface area contributed by atoms with Gasteiger partial charge in [0.25, 0.3) is 0 Å². The van der Waals surface area contributed by atoms with E-state index in [0.29, 0.717) is 29.3 Å². The molecule has 2 N–H and O–H groups in total. The fraction of sp³-hybridized carbons (Fsp3) is 0.0833. The minimum atomic E-state index is -4.99. The Balaban J connectivity index is 1.85. The van der Waals surface area contributed by atoms with Crippen molar-refractivity contribution in [1.82, 2.24) is 9.97 Å². The van der Waals surface area contributed by atoms with E-state index in [9.17, 15) is 39.2 Å². The minimum Gasteiger partial charge on any atom is -0.228 e. The van der Waals surface area contributed by atoms with E-state index in [-0.39, 0.29) is 16.0 Å². The second-order valence-corrected chi connectivity index (χ2v) is 9.37. The maximum atomic E-state index is 14.1. The van der Waals surface area contributed by atoms with Gasteiger partial charge in [0.1, 0.15) is 11.5 Å². The Morgan fingerprint density at radius 2 is 1.30 bits per heavy atom. The number of rotatable bonds is 4. The molecule has 0 radical (unpaired) electrons. The van der Waals surface area contributed by atoms with Gasteiger partial charge in [-0.3, -0.25) is 0 Å². The molecule has 13 heteroatoms. The summed E-state index contributed by atoms with van der Waals surface area (Å²) in [7, 11) is -4.02. The second kappa shape index (κ2) is 9.23. The lowest BCUT2D eigenvalue weighted by atomic mass is 10.0. The van der Waals surface area contributed by atoms with E-state index in [1.54, 1.807) is 12.1 Å². The topological polar surface area (TPSA) is 85.9 Å². The molecular formula is C24H14F7N3O2S. The lowest BCUT2D eigenvalue weighted by Crippen LogP contribution is -2.12. The van der Waals surface area contributed by atoms with Gasteiger partial charge in [-0.15, -0.1) is 0 Å². The molecule has 0 saturated carbocycles. The lowest BCUT2D eigenvalue weighted by Gasteiger charge is -2.13. The Labute approximate surface area is 205 Å². The zero-order valence-electron chi connectivity index (χ0n) is 18.3. The van der Waals surface area contributed by atoms with Crippen LogP contribution in [0.4, 0.5) is 30.7 Å². The van der Waals surface area contributed by atoms with Crippen LogP contribution >= 0.6 is 0 Å². The first kappa shape index (κ1) is 26.2. The summed E-state index contributed by atoms with van der Waals surface area (Å²) in [6, 6.07) is 13.5. The Morgan fingerprint density at radius 1 is 0.676 bits per heavy atom. The standard InChI is InChI=1S/C24H14F7N3O2S/c25-19-11-15(7-8-18(19)23(26,27)28)20-12-21(24(29,30)31)34-22(33-20)16-5-1-3-13(9-16)14-4-2-6-17(10-14)37(32,35)36/h1-12H,(H2,32,35,36). The summed E-state index contributed by atoms with van der Waals surface area (Å²) in [4.78, 5) is 7.40. The lowest BCUT2D eigenvalue weighted by molar-refractivity contribution is -0.141. The average Bonchev–Trinajstić information content (AvgIpc) is 2.82. The van der Waals surface area contributed by atoms with Crippen LogP contribution in [-0.2, 0) is 22.4 Å². The fourth-order valence-electron chi connectivity index (χ4n) is 3.46. The number of aromatic nitrogens is 2. The third-order valence-electron chi connectivity index (χ3n) is 5.20. The van der Waals surface area contributed by atoms with Crippen molar-refractivity contribution in [3.05, 3.63) is 89.9 Å². The van der Waals surface area contributed by atoms with E-state index in [0.717, 1.165) is 6.07 Å². The molecule has 0 saturated heterocycles. The first-order valence-corrected chi connectivity index (χ1v) is 11.7. The number of hydrogen-bond acceptors (Lipinski definition) is 4. The van der Waals surface area contributed by atoms with Crippen LogP contribution in [0.3, 0.4) is 0 Å². The van der Waals surface area contributed by atoms with E-state index >= 15 is 0 Å². The molecule has 0 unspecified atom stereocenters. The van der Waals surface area contributed by atoms with E-state index in [2.05, 4.69) is 9.97 Å². The Morgan fingerprint density at radius 3 is 1.89 bits per heavy atom. The molecule has 0 amide bonds. The number of hydrogen-bond donors (Lipinski definition) is 1. The summed E-state index contributed by atoms with van der Waals surface area (Å²) < 4.78 is 117. The van der Waals surface area contributed by atoms with Crippen LogP contribution in [0.25, 0.3) is 33.8 Å². The molecule has 4 aromatic rings. The molecule has 1 heterocycles. The molecule has 0 aliphatic carbocycles. The summed E-state index contributed by atoms with van der Waals surface area (Å²) in [5.74, 6) is -2.11. The van der Waals surface area contributed by atoms with Gasteiger partial charge in [-0.2, -0.15) is 26.3 Å². The number of primary sulfonamides is 1. The maximum absolute atomic E-state index is 14.1. The number of halogens is 7. The molecule has 192 valence electrons. The van der Waals surface area contributed by atoms with Crippen molar-refractivity contribution >= 4 is 10.0 Å². The molecule has 37 heavy (non-hydrogen) atoms. The van der Waals surface area contributed by atoms with Gasteiger partial charge in [0.2, 0.25) is 10.0 Å². The van der Waals surface area contributed by atoms with Crippen LogP contribution in [0.1, 0.15) is 11.3 Å². The smallest absolute Gasteiger partial charge is 0.228 e. The third-order valence-corrected chi connectivity index (χ3v) is 6.11. The highest BCUT2D eigenvalue weighted by molar-refractivity contribution is 7.89. The van der Waals surface area contributed by atoms with E-state index in [4.69, 9.17) is 5.14 Å². The molecular weight excluding hydrogens is 527 g/mol. The molecule has 1 aromatic heterocycles. The van der Waals surface area contributed by atoms with Gasteiger partial charge >= 0.3 is 12.4 Å². The normalized spacial score (nSPS) is 12.5. The van der Waals surface area contributed by atoms with Gasteiger partial charge in [-0.1, -0.05) is 36.4 Å². The predicted octanol–water partition coefficient (Wildman–Crippen LogP) is 6.30. The predicted molar refractivity (Wildman–Crippen MR) is 120 cm³/mol. The van der Waals surface area contributed by atoms with E-state index < -0.39 is 51.0 Å². The van der Waals surface area contributed by atoms with Gasteiger partial charge in [0, 0.05) is 11.1 Å². The molecule has 0 atom stereocenters. The molecule has 0 fully saturated rings. The van der Waals surface area contributed by atoms with Crippen molar-refractivity contribution in [2.45, 2.75) is 17.2 Å². The van der Waals surface area contributed by atoms with Crippen LogP contribution in [0.5, 0.6) is 0 Å². The average molecular weight is 541 g/mol. The number of alkyl halides is 6. The summed E-state index contributed by atoms with van der Waals surface area (Å²) in [6.07, 6.45) is -9.93. The first-order chi connectivity index (χ1) is 17.1. The molecule has 5 nitrogen and oxygen atoms in total. The number of sulfonamides is 1. The molecule has 4 rings (SSSR count). The van der Waals surface area contributed by atoms with Crippen molar-refractivity contribution in [3.63, 3.8) is 0 Å². The third kappa shape index (κ3) is 5.78. The summed E-state index contributed by atoms with van der Waals surface area (Å²) in [6.45, 7) is 0. The molecule has 0 aliphatic heterocycles. The summed E-state index contributed by atoms with van der Waals surface area (Å²) in [5, 5.41) is 5.15. The summed E-state index contributed by atoms with van der Waals surface area (Å²) in [5.41, 5.74) is -2.89. The van der Waals surface area contributed by atoms with Crippen LogP contribution in [0.15, 0.2) is 77.7 Å². The Bertz CT molecular complexity index is 1600. The highest BCUT2D eigenvalue weighted by atomic mass is 32.2. The van der Waals surface area contributed by atoms with Crippen LogP contribution < -0.4 is 5.14 Å². The van der Waals surface area contributed by atoms with Gasteiger partial charge in [-0.05, 0) is 47.5 Å². The number of nitrogens with two attached hydrogens (primary N) is 1. The van der Waals surface area contributed by atoms with Crippen molar-refractivity contribution in [3.8, 4) is 33.8 Å². The van der Waals surface area contributed by atoms with Crippen molar-refractivity contribution in [2.24, 2.45) is 5.14 Å². The van der Waals surface area contributed by atoms with Gasteiger partial charge in [0.05, 0.1) is 16.2 Å². The molecule has 0 spiro atoms. The largest absolute Gasteiger partial charge is 0.433 e. The maximum Gasteiger partial charge on any atom is 0.433 e. The minimum absolute atomic E-state index is 0.0817. The van der Waals surface area contributed by atoms with Crippen molar-refractivity contribution in [1.29, 1.82) is 0 Å². The van der Waals surface area contributed by atoms with Crippen LogP contribution in [-0.4, -0.2) is 18.4 Å². The zero-order chi connectivity index (χ0) is 27.2. The SMILES string of the molecule is NS(=O)(=O)c1cccc(-c2cccc(-c3nc(-c4ccc(C(F)(F)F)c(F)c4)cc(C(F)(F)F)n3)c2)c1. The number of nitrogens with zero attached hydrogens (tertiary/aromatic N) is 2. The van der Waals surface area contributed by atoms with E-state index in [1.807, 2.05) is 0 Å². The van der Waals surface area contributed by atoms with Gasteiger partial charge < -0.3 is 0 Å². The molecule has 0 aliphatic rings. The molecule has 0 bridgehead atoms. The zero-order valence-corrected chi connectivity index (χ0v) is 19.1. The Hall–Kier alpha value is -3.84. The highest BCUT2D eigenvalue weighted by Crippen LogP contribution is 2.36. The molecule has 3 aromatic carbocycles. The fourth-order valence-corrected chi connectivity index (χ4v) is 4.02. The number of benzene rings is 3. The van der Waals surface area contributed by atoms with Crippen molar-refractivity contribution in [2.75, 3.05) is 0 Å². The van der Waals surface area contributed by atoms with E-state index in [1.165, 1.54) is 36.4 Å². The quantitative estimate of drug-likeness (QED) is 0.307. The van der Waals surface area contributed by atoms with Crippen molar-refractivity contribution < 1.29 is 39.2 Å².